The lowest BCUT2D eigenvalue weighted by molar-refractivity contribution is -0.137. The lowest BCUT2D eigenvalue weighted by Crippen LogP contribution is -2.21. The first-order chi connectivity index (χ1) is 15.6. The van der Waals surface area contributed by atoms with Crippen LogP contribution in [0, 0.1) is 0 Å². The zero-order valence-corrected chi connectivity index (χ0v) is 19.5. The normalized spacial score (nSPS) is 11.5. The molecule has 0 saturated heterocycles. The van der Waals surface area contributed by atoms with Crippen molar-refractivity contribution in [2.75, 3.05) is 30.5 Å². The summed E-state index contributed by atoms with van der Waals surface area (Å²) in [6, 6.07) is 14.7. The van der Waals surface area contributed by atoms with Gasteiger partial charge in [0.05, 0.1) is 6.61 Å². The molecule has 3 rings (SSSR count). The first kappa shape index (κ1) is 24.4. The quantitative estimate of drug-likeness (QED) is 0.366. The molecule has 0 amide bonds. The number of benzene rings is 2. The summed E-state index contributed by atoms with van der Waals surface area (Å²) in [5.41, 5.74) is 1.61. The van der Waals surface area contributed by atoms with E-state index in [4.69, 9.17) is 4.74 Å². The monoisotopic (exact) mass is 458 g/mol. The maximum absolute atomic E-state index is 13.8. The number of alkyl halides is 3. The SMILES string of the molecule is CCCOc1ccc(N(C)c2nc(N(C)c3ccc(C(C)C)cc3)ncc2C(F)(F)F)cc1. The maximum Gasteiger partial charge on any atom is 0.421 e. The van der Waals surface area contributed by atoms with Crippen LogP contribution in [0.5, 0.6) is 5.75 Å². The molecule has 1 heterocycles. The molecule has 33 heavy (non-hydrogen) atoms. The third-order valence-electron chi connectivity index (χ3n) is 5.32. The standard InChI is InChI=1S/C25H29F3N4O/c1-6-15-33-21-13-11-19(12-14-21)31(4)23-22(25(26,27)28)16-29-24(30-23)32(5)20-9-7-18(8-10-20)17(2)3/h7-14,16-17H,6,15H2,1-5H3. The molecule has 176 valence electrons. The van der Waals surface area contributed by atoms with Crippen LogP contribution in [0.3, 0.4) is 0 Å². The molecule has 0 unspecified atom stereocenters. The fourth-order valence-corrected chi connectivity index (χ4v) is 3.29. The predicted molar refractivity (Wildman–Crippen MR) is 126 cm³/mol. The summed E-state index contributed by atoms with van der Waals surface area (Å²) in [5.74, 6) is 0.995. The van der Waals surface area contributed by atoms with Crippen molar-refractivity contribution in [2.24, 2.45) is 0 Å². The smallest absolute Gasteiger partial charge is 0.421 e. The van der Waals surface area contributed by atoms with Crippen LogP contribution in [0.25, 0.3) is 0 Å². The van der Waals surface area contributed by atoms with Crippen LogP contribution in [-0.4, -0.2) is 30.7 Å². The van der Waals surface area contributed by atoms with E-state index in [9.17, 15) is 13.2 Å². The maximum atomic E-state index is 13.8. The Kier molecular flexibility index (Phi) is 7.46. The molecule has 0 aliphatic rings. The zero-order valence-electron chi connectivity index (χ0n) is 19.5. The van der Waals surface area contributed by atoms with Crippen LogP contribution in [0.15, 0.2) is 54.7 Å². The van der Waals surface area contributed by atoms with E-state index in [0.717, 1.165) is 18.3 Å². The van der Waals surface area contributed by atoms with E-state index < -0.39 is 11.7 Å². The summed E-state index contributed by atoms with van der Waals surface area (Å²) >= 11 is 0. The summed E-state index contributed by atoms with van der Waals surface area (Å²) in [6.07, 6.45) is -2.89. The highest BCUT2D eigenvalue weighted by Crippen LogP contribution is 2.38. The second-order valence-electron chi connectivity index (χ2n) is 8.11. The van der Waals surface area contributed by atoms with Gasteiger partial charge in [0.1, 0.15) is 11.3 Å². The van der Waals surface area contributed by atoms with Crippen molar-refractivity contribution < 1.29 is 17.9 Å². The number of halogens is 3. The van der Waals surface area contributed by atoms with Crippen LogP contribution in [0.1, 0.15) is 44.2 Å². The van der Waals surface area contributed by atoms with Crippen molar-refractivity contribution in [1.29, 1.82) is 0 Å². The van der Waals surface area contributed by atoms with E-state index in [1.54, 1.807) is 43.3 Å². The molecule has 0 saturated carbocycles. The Morgan fingerprint density at radius 3 is 2.03 bits per heavy atom. The Bertz CT molecular complexity index is 1050. The predicted octanol–water partition coefficient (Wildman–Crippen LogP) is 6.94. The number of nitrogens with zero attached hydrogens (tertiary/aromatic N) is 4. The molecule has 0 fully saturated rings. The molecule has 5 nitrogen and oxygen atoms in total. The van der Waals surface area contributed by atoms with Gasteiger partial charge in [0.15, 0.2) is 5.82 Å². The average molecular weight is 459 g/mol. The van der Waals surface area contributed by atoms with Gasteiger partial charge in [0.2, 0.25) is 5.95 Å². The minimum absolute atomic E-state index is 0.171. The van der Waals surface area contributed by atoms with Crippen molar-refractivity contribution in [3.05, 3.63) is 65.9 Å². The summed E-state index contributed by atoms with van der Waals surface area (Å²) < 4.78 is 46.9. The minimum atomic E-state index is -4.59. The Labute approximate surface area is 192 Å². The lowest BCUT2D eigenvalue weighted by atomic mass is 10.0. The van der Waals surface area contributed by atoms with Gasteiger partial charge in [-0.15, -0.1) is 0 Å². The third kappa shape index (κ3) is 5.74. The van der Waals surface area contributed by atoms with Crippen LogP contribution in [0.4, 0.5) is 36.3 Å². The second-order valence-corrected chi connectivity index (χ2v) is 8.11. The van der Waals surface area contributed by atoms with Gasteiger partial charge in [0, 0.05) is 31.7 Å². The molecule has 0 aliphatic carbocycles. The van der Waals surface area contributed by atoms with E-state index in [0.29, 0.717) is 24.0 Å². The first-order valence-corrected chi connectivity index (χ1v) is 10.9. The number of aromatic nitrogens is 2. The molecule has 8 heteroatoms. The number of anilines is 4. The molecule has 0 N–H and O–H groups in total. The summed E-state index contributed by atoms with van der Waals surface area (Å²) in [6.45, 7) is 6.78. The van der Waals surface area contributed by atoms with Crippen LogP contribution in [0.2, 0.25) is 0 Å². The van der Waals surface area contributed by atoms with Gasteiger partial charge < -0.3 is 14.5 Å². The Morgan fingerprint density at radius 2 is 1.48 bits per heavy atom. The fourth-order valence-electron chi connectivity index (χ4n) is 3.29. The molecular weight excluding hydrogens is 429 g/mol. The highest BCUT2D eigenvalue weighted by molar-refractivity contribution is 5.66. The van der Waals surface area contributed by atoms with Crippen molar-refractivity contribution in [3.63, 3.8) is 0 Å². The average Bonchev–Trinajstić information content (AvgIpc) is 2.81. The molecular formula is C25H29F3N4O. The van der Waals surface area contributed by atoms with Gasteiger partial charge in [-0.05, 0) is 54.3 Å². The summed E-state index contributed by atoms with van der Waals surface area (Å²) in [7, 11) is 3.29. The molecule has 0 bridgehead atoms. The van der Waals surface area contributed by atoms with Gasteiger partial charge >= 0.3 is 6.18 Å². The Morgan fingerprint density at radius 1 is 0.909 bits per heavy atom. The van der Waals surface area contributed by atoms with Crippen molar-refractivity contribution in [3.8, 4) is 5.75 Å². The van der Waals surface area contributed by atoms with Crippen molar-refractivity contribution in [1.82, 2.24) is 9.97 Å². The molecule has 0 radical (unpaired) electrons. The van der Waals surface area contributed by atoms with Crippen LogP contribution in [-0.2, 0) is 6.18 Å². The Hall–Kier alpha value is -3.29. The van der Waals surface area contributed by atoms with Gasteiger partial charge in [0.25, 0.3) is 0 Å². The number of hydrogen-bond acceptors (Lipinski definition) is 5. The zero-order chi connectivity index (χ0) is 24.2. The minimum Gasteiger partial charge on any atom is -0.494 e. The molecule has 0 aliphatic heterocycles. The highest BCUT2D eigenvalue weighted by atomic mass is 19.4. The number of rotatable bonds is 8. The summed E-state index contributed by atoms with van der Waals surface area (Å²) in [4.78, 5) is 11.4. The van der Waals surface area contributed by atoms with Crippen molar-refractivity contribution in [2.45, 2.75) is 39.3 Å². The van der Waals surface area contributed by atoms with Gasteiger partial charge in [-0.3, -0.25) is 0 Å². The van der Waals surface area contributed by atoms with Gasteiger partial charge in [-0.2, -0.15) is 18.2 Å². The van der Waals surface area contributed by atoms with E-state index >= 15 is 0 Å². The molecule has 1 aromatic heterocycles. The highest BCUT2D eigenvalue weighted by Gasteiger charge is 2.37. The van der Waals surface area contributed by atoms with E-state index in [1.807, 2.05) is 31.2 Å². The molecule has 0 atom stereocenters. The largest absolute Gasteiger partial charge is 0.494 e. The molecule has 3 aromatic rings. The number of hydrogen-bond donors (Lipinski definition) is 0. The second kappa shape index (κ2) is 10.1. The van der Waals surface area contributed by atoms with Crippen LogP contribution < -0.4 is 14.5 Å². The lowest BCUT2D eigenvalue weighted by Gasteiger charge is -2.25. The molecule has 2 aromatic carbocycles. The van der Waals surface area contributed by atoms with Crippen molar-refractivity contribution >= 4 is 23.1 Å². The van der Waals surface area contributed by atoms with E-state index in [1.165, 1.54) is 10.5 Å². The molecule has 0 spiro atoms. The fraction of sp³-hybridized carbons (Fsp3) is 0.360. The third-order valence-corrected chi connectivity index (χ3v) is 5.32. The van der Waals surface area contributed by atoms with E-state index in [2.05, 4.69) is 23.8 Å². The topological polar surface area (TPSA) is 41.5 Å². The van der Waals surface area contributed by atoms with Gasteiger partial charge in [-0.25, -0.2) is 4.98 Å². The summed E-state index contributed by atoms with van der Waals surface area (Å²) in [5, 5.41) is 0. The van der Waals surface area contributed by atoms with Gasteiger partial charge in [-0.1, -0.05) is 32.9 Å². The van der Waals surface area contributed by atoms with Crippen LogP contribution >= 0.6 is 0 Å². The number of ether oxygens (including phenoxy) is 1. The first-order valence-electron chi connectivity index (χ1n) is 10.9. The Balaban J connectivity index is 1.96. The van der Waals surface area contributed by atoms with E-state index in [-0.39, 0.29) is 11.8 Å².